The molecule has 27 heavy (non-hydrogen) atoms. The summed E-state index contributed by atoms with van der Waals surface area (Å²) in [4.78, 5) is 42.0. The van der Waals surface area contributed by atoms with Gasteiger partial charge in [0.25, 0.3) is 5.91 Å². The standard InChI is InChI=1S/C19H21N5O3/c1-14(26)21-16-3-5-17(6-4-16)22-18-7-2-15(12-20-18)19(27)24-10-8-23(13-25)9-11-24/h2-7,12-13H,8-11H2,1H3,(H,20,22)(H,21,26). The van der Waals surface area contributed by atoms with E-state index in [1.54, 1.807) is 40.3 Å². The van der Waals surface area contributed by atoms with Crippen molar-refractivity contribution in [3.05, 3.63) is 48.2 Å². The van der Waals surface area contributed by atoms with Gasteiger partial charge in [0.2, 0.25) is 12.3 Å². The summed E-state index contributed by atoms with van der Waals surface area (Å²) in [7, 11) is 0. The molecule has 3 amide bonds. The van der Waals surface area contributed by atoms with E-state index in [0.29, 0.717) is 37.6 Å². The molecule has 0 atom stereocenters. The Kier molecular flexibility index (Phi) is 5.65. The van der Waals surface area contributed by atoms with Crippen molar-refractivity contribution in [2.75, 3.05) is 36.8 Å². The minimum absolute atomic E-state index is 0.0840. The molecule has 0 aliphatic carbocycles. The Morgan fingerprint density at radius 3 is 2.22 bits per heavy atom. The Hall–Kier alpha value is -3.42. The van der Waals surface area contributed by atoms with Gasteiger partial charge in [0.1, 0.15) is 5.82 Å². The minimum Gasteiger partial charge on any atom is -0.342 e. The first kappa shape index (κ1) is 18.4. The summed E-state index contributed by atoms with van der Waals surface area (Å²) in [5, 5.41) is 5.86. The highest BCUT2D eigenvalue weighted by molar-refractivity contribution is 5.94. The summed E-state index contributed by atoms with van der Waals surface area (Å²) < 4.78 is 0. The number of nitrogens with zero attached hydrogens (tertiary/aromatic N) is 3. The van der Waals surface area contributed by atoms with Crippen molar-refractivity contribution in [3.8, 4) is 0 Å². The zero-order chi connectivity index (χ0) is 19.2. The molecule has 2 N–H and O–H groups in total. The predicted octanol–water partition coefficient (Wildman–Crippen LogP) is 1.70. The fourth-order valence-electron chi connectivity index (χ4n) is 2.80. The van der Waals surface area contributed by atoms with Crippen molar-refractivity contribution >= 4 is 35.4 Å². The maximum atomic E-state index is 12.5. The van der Waals surface area contributed by atoms with Crippen LogP contribution < -0.4 is 10.6 Å². The third kappa shape index (κ3) is 4.81. The summed E-state index contributed by atoms with van der Waals surface area (Å²) in [5.41, 5.74) is 2.05. The van der Waals surface area contributed by atoms with E-state index in [9.17, 15) is 14.4 Å². The molecule has 0 spiro atoms. The number of hydrogen-bond donors (Lipinski definition) is 2. The normalized spacial score (nSPS) is 13.8. The Morgan fingerprint density at radius 1 is 1.00 bits per heavy atom. The lowest BCUT2D eigenvalue weighted by molar-refractivity contribution is -0.119. The van der Waals surface area contributed by atoms with E-state index in [1.807, 2.05) is 12.1 Å². The molecule has 3 rings (SSSR count). The third-order valence-electron chi connectivity index (χ3n) is 4.24. The van der Waals surface area contributed by atoms with Gasteiger partial charge in [-0.2, -0.15) is 0 Å². The van der Waals surface area contributed by atoms with E-state index in [2.05, 4.69) is 15.6 Å². The van der Waals surface area contributed by atoms with Gasteiger partial charge in [0.15, 0.2) is 0 Å². The number of carbonyl (C=O) groups is 3. The molecule has 1 aromatic carbocycles. The minimum atomic E-state index is -0.120. The Balaban J connectivity index is 1.59. The number of hydrogen-bond acceptors (Lipinski definition) is 5. The first-order valence-corrected chi connectivity index (χ1v) is 8.64. The molecular weight excluding hydrogens is 346 g/mol. The fraction of sp³-hybridized carbons (Fsp3) is 0.263. The Labute approximate surface area is 157 Å². The summed E-state index contributed by atoms with van der Waals surface area (Å²) >= 11 is 0. The molecule has 1 aliphatic heterocycles. The molecule has 0 saturated carbocycles. The number of aromatic nitrogens is 1. The van der Waals surface area contributed by atoms with Crippen LogP contribution in [0.2, 0.25) is 0 Å². The number of pyridine rings is 1. The van der Waals surface area contributed by atoms with Gasteiger partial charge in [-0.1, -0.05) is 0 Å². The second-order valence-corrected chi connectivity index (χ2v) is 6.25. The van der Waals surface area contributed by atoms with E-state index < -0.39 is 0 Å². The number of piperazine rings is 1. The van der Waals surface area contributed by atoms with Gasteiger partial charge in [-0.25, -0.2) is 4.98 Å². The number of nitrogens with one attached hydrogen (secondary N) is 2. The number of amides is 3. The molecule has 140 valence electrons. The number of anilines is 3. The van der Waals surface area contributed by atoms with Crippen molar-refractivity contribution in [3.63, 3.8) is 0 Å². The maximum Gasteiger partial charge on any atom is 0.255 e. The van der Waals surface area contributed by atoms with Crippen molar-refractivity contribution in [1.82, 2.24) is 14.8 Å². The zero-order valence-electron chi connectivity index (χ0n) is 15.0. The van der Waals surface area contributed by atoms with Crippen LogP contribution in [0.25, 0.3) is 0 Å². The summed E-state index contributed by atoms with van der Waals surface area (Å²) in [6.07, 6.45) is 2.36. The first-order valence-electron chi connectivity index (χ1n) is 8.64. The molecule has 1 saturated heterocycles. The fourth-order valence-corrected chi connectivity index (χ4v) is 2.80. The maximum absolute atomic E-state index is 12.5. The summed E-state index contributed by atoms with van der Waals surface area (Å²) in [6.45, 7) is 3.62. The van der Waals surface area contributed by atoms with Crippen LogP contribution in [0.4, 0.5) is 17.2 Å². The van der Waals surface area contributed by atoms with E-state index in [0.717, 1.165) is 17.8 Å². The van der Waals surface area contributed by atoms with Crippen LogP contribution in [0, 0.1) is 0 Å². The first-order chi connectivity index (χ1) is 13.0. The molecule has 8 heteroatoms. The lowest BCUT2D eigenvalue weighted by Crippen LogP contribution is -2.48. The van der Waals surface area contributed by atoms with Gasteiger partial charge < -0.3 is 20.4 Å². The van der Waals surface area contributed by atoms with Crippen LogP contribution in [-0.4, -0.2) is 59.2 Å². The van der Waals surface area contributed by atoms with E-state index in [4.69, 9.17) is 0 Å². The van der Waals surface area contributed by atoms with Gasteiger partial charge in [-0.3, -0.25) is 14.4 Å². The van der Waals surface area contributed by atoms with Crippen molar-refractivity contribution < 1.29 is 14.4 Å². The van der Waals surface area contributed by atoms with Crippen LogP contribution in [0.15, 0.2) is 42.6 Å². The second-order valence-electron chi connectivity index (χ2n) is 6.25. The van der Waals surface area contributed by atoms with Crippen molar-refractivity contribution in [1.29, 1.82) is 0 Å². The molecule has 0 unspecified atom stereocenters. The smallest absolute Gasteiger partial charge is 0.255 e. The zero-order valence-corrected chi connectivity index (χ0v) is 15.0. The summed E-state index contributed by atoms with van der Waals surface area (Å²) in [6, 6.07) is 10.7. The molecule has 1 aromatic heterocycles. The van der Waals surface area contributed by atoms with Gasteiger partial charge in [-0.15, -0.1) is 0 Å². The highest BCUT2D eigenvalue weighted by Crippen LogP contribution is 2.18. The third-order valence-corrected chi connectivity index (χ3v) is 4.24. The topological polar surface area (TPSA) is 94.6 Å². The molecule has 1 fully saturated rings. The summed E-state index contributed by atoms with van der Waals surface area (Å²) in [5.74, 6) is 0.411. The molecule has 1 aliphatic rings. The lowest BCUT2D eigenvalue weighted by Gasteiger charge is -2.32. The molecule has 2 aromatic rings. The van der Waals surface area contributed by atoms with Crippen molar-refractivity contribution in [2.45, 2.75) is 6.92 Å². The molecule has 8 nitrogen and oxygen atoms in total. The quantitative estimate of drug-likeness (QED) is 0.785. The number of benzene rings is 1. The average molecular weight is 367 g/mol. The van der Waals surface area contributed by atoms with Crippen molar-refractivity contribution in [2.24, 2.45) is 0 Å². The molecule has 2 heterocycles. The second kappa shape index (κ2) is 8.31. The van der Waals surface area contributed by atoms with E-state index in [-0.39, 0.29) is 11.8 Å². The van der Waals surface area contributed by atoms with Crippen LogP contribution >= 0.6 is 0 Å². The van der Waals surface area contributed by atoms with Gasteiger partial charge >= 0.3 is 0 Å². The Bertz CT molecular complexity index is 812. The highest BCUT2D eigenvalue weighted by Gasteiger charge is 2.21. The van der Waals surface area contributed by atoms with Crippen LogP contribution in [0.3, 0.4) is 0 Å². The number of carbonyl (C=O) groups excluding carboxylic acids is 3. The van der Waals surface area contributed by atoms with Crippen LogP contribution in [0.1, 0.15) is 17.3 Å². The molecule has 0 radical (unpaired) electrons. The predicted molar refractivity (Wildman–Crippen MR) is 102 cm³/mol. The molecular formula is C19H21N5O3. The molecule has 0 bridgehead atoms. The average Bonchev–Trinajstić information content (AvgIpc) is 2.69. The lowest BCUT2D eigenvalue weighted by atomic mass is 10.2. The van der Waals surface area contributed by atoms with Crippen LogP contribution in [0.5, 0.6) is 0 Å². The Morgan fingerprint density at radius 2 is 1.67 bits per heavy atom. The van der Waals surface area contributed by atoms with E-state index >= 15 is 0 Å². The monoisotopic (exact) mass is 367 g/mol. The SMILES string of the molecule is CC(=O)Nc1ccc(Nc2ccc(C(=O)N3CCN(C=O)CC3)cn2)cc1. The van der Waals surface area contributed by atoms with Gasteiger partial charge in [0, 0.05) is 50.7 Å². The van der Waals surface area contributed by atoms with Gasteiger partial charge in [0.05, 0.1) is 5.56 Å². The number of rotatable bonds is 5. The van der Waals surface area contributed by atoms with E-state index in [1.165, 1.54) is 6.92 Å². The van der Waals surface area contributed by atoms with Gasteiger partial charge in [-0.05, 0) is 36.4 Å². The van der Waals surface area contributed by atoms with Crippen LogP contribution in [-0.2, 0) is 9.59 Å². The highest BCUT2D eigenvalue weighted by atomic mass is 16.2. The largest absolute Gasteiger partial charge is 0.342 e.